The number of benzene rings is 1. The molecule has 1 aromatic carbocycles. The van der Waals surface area contributed by atoms with Crippen LogP contribution < -0.4 is 5.56 Å². The van der Waals surface area contributed by atoms with Crippen molar-refractivity contribution in [1.29, 1.82) is 0 Å². The zero-order chi connectivity index (χ0) is 17.4. The molecule has 128 valence electrons. The molecule has 0 saturated carbocycles. The number of para-hydroxylation sites is 1. The number of ether oxygens (including phenoxy) is 1. The minimum atomic E-state index is -0.354. The molecule has 0 bridgehead atoms. The zero-order valence-electron chi connectivity index (χ0n) is 13.9. The van der Waals surface area contributed by atoms with Crippen molar-refractivity contribution in [3.63, 3.8) is 0 Å². The molecule has 0 radical (unpaired) electrons. The molecular weight excluding hydrogens is 320 g/mol. The highest BCUT2D eigenvalue weighted by atomic mass is 16.5. The minimum absolute atomic E-state index is 0.121. The van der Waals surface area contributed by atoms with E-state index in [4.69, 9.17) is 4.74 Å². The van der Waals surface area contributed by atoms with Gasteiger partial charge in [-0.15, -0.1) is 0 Å². The van der Waals surface area contributed by atoms with Crippen molar-refractivity contribution in [2.75, 3.05) is 26.3 Å². The highest BCUT2D eigenvalue weighted by Crippen LogP contribution is 2.12. The van der Waals surface area contributed by atoms with Crippen LogP contribution in [0, 0.1) is 6.92 Å². The molecule has 1 saturated heterocycles. The molecule has 1 amide bonds. The second-order valence-corrected chi connectivity index (χ2v) is 5.95. The van der Waals surface area contributed by atoms with Gasteiger partial charge in [0.1, 0.15) is 5.56 Å². The summed E-state index contributed by atoms with van der Waals surface area (Å²) in [4.78, 5) is 32.1. The predicted octanol–water partition coefficient (Wildman–Crippen LogP) is 1.27. The van der Waals surface area contributed by atoms with Gasteiger partial charge in [0.25, 0.3) is 11.5 Å². The Morgan fingerprint density at radius 1 is 1.12 bits per heavy atom. The van der Waals surface area contributed by atoms with Gasteiger partial charge in [-0.2, -0.15) is 4.52 Å². The van der Waals surface area contributed by atoms with Crippen LogP contribution in [0.2, 0.25) is 0 Å². The van der Waals surface area contributed by atoms with Crippen LogP contribution in [0.3, 0.4) is 0 Å². The number of hydrogen-bond donors (Lipinski definition) is 0. The summed E-state index contributed by atoms with van der Waals surface area (Å²) in [5.74, 6) is -0.284. The minimum Gasteiger partial charge on any atom is -0.378 e. The number of nitrogens with zero attached hydrogens (tertiary/aromatic N) is 4. The summed E-state index contributed by atoms with van der Waals surface area (Å²) < 4.78 is 8.43. The second-order valence-electron chi connectivity index (χ2n) is 5.95. The first-order valence-electron chi connectivity index (χ1n) is 8.20. The molecule has 7 heteroatoms. The Morgan fingerprint density at radius 2 is 1.84 bits per heavy atom. The van der Waals surface area contributed by atoms with Gasteiger partial charge in [-0.25, -0.2) is 4.98 Å². The van der Waals surface area contributed by atoms with Crippen molar-refractivity contribution in [3.05, 3.63) is 64.2 Å². The molecule has 0 unspecified atom stereocenters. The molecule has 0 atom stereocenters. The fourth-order valence-corrected chi connectivity index (χ4v) is 3.11. The highest BCUT2D eigenvalue weighted by Gasteiger charge is 2.25. The number of aryl methyl sites for hydroxylation is 1. The number of carbonyl (C=O) groups excluding carboxylic acids is 1. The van der Waals surface area contributed by atoms with Gasteiger partial charge in [0, 0.05) is 25.4 Å². The van der Waals surface area contributed by atoms with E-state index in [1.54, 1.807) is 28.8 Å². The largest absolute Gasteiger partial charge is 0.378 e. The highest BCUT2D eigenvalue weighted by molar-refractivity contribution is 5.95. The van der Waals surface area contributed by atoms with Gasteiger partial charge in [-0.1, -0.05) is 18.2 Å². The molecule has 1 aliphatic heterocycles. The van der Waals surface area contributed by atoms with E-state index < -0.39 is 0 Å². The predicted molar refractivity (Wildman–Crippen MR) is 92.2 cm³/mol. The second kappa shape index (κ2) is 6.18. The van der Waals surface area contributed by atoms with E-state index in [0.717, 1.165) is 5.69 Å². The Morgan fingerprint density at radius 3 is 2.56 bits per heavy atom. The van der Waals surface area contributed by atoms with E-state index in [0.29, 0.717) is 37.6 Å². The van der Waals surface area contributed by atoms with Gasteiger partial charge in [-0.3, -0.25) is 14.3 Å². The van der Waals surface area contributed by atoms with Crippen molar-refractivity contribution >= 4 is 11.6 Å². The molecule has 4 rings (SSSR count). The molecule has 1 aliphatic rings. The van der Waals surface area contributed by atoms with Crippen LogP contribution in [0.4, 0.5) is 0 Å². The summed E-state index contributed by atoms with van der Waals surface area (Å²) >= 11 is 0. The summed E-state index contributed by atoms with van der Waals surface area (Å²) in [6.45, 7) is 3.65. The van der Waals surface area contributed by atoms with Crippen molar-refractivity contribution in [2.45, 2.75) is 6.92 Å². The lowest BCUT2D eigenvalue weighted by molar-refractivity contribution is 0.0300. The lowest BCUT2D eigenvalue weighted by Gasteiger charge is -2.27. The number of amides is 1. The normalized spacial score (nSPS) is 14.8. The SMILES string of the molecule is Cc1nc2ccn(-c3ccccc3)n2c(=O)c1C(=O)N1CCOCC1. The van der Waals surface area contributed by atoms with Crippen LogP contribution in [0.1, 0.15) is 16.1 Å². The molecule has 3 aromatic rings. The Kier molecular flexibility index (Phi) is 3.85. The van der Waals surface area contributed by atoms with Crippen LogP contribution in [-0.2, 0) is 4.74 Å². The average Bonchev–Trinajstić information content (AvgIpc) is 3.07. The maximum atomic E-state index is 13.1. The maximum Gasteiger partial charge on any atom is 0.286 e. The average molecular weight is 338 g/mol. The third-order valence-corrected chi connectivity index (χ3v) is 4.38. The third kappa shape index (κ3) is 2.62. The van der Waals surface area contributed by atoms with Crippen molar-refractivity contribution < 1.29 is 9.53 Å². The topological polar surface area (TPSA) is 68.8 Å². The van der Waals surface area contributed by atoms with Gasteiger partial charge >= 0.3 is 0 Å². The van der Waals surface area contributed by atoms with E-state index in [9.17, 15) is 9.59 Å². The number of rotatable bonds is 2. The summed E-state index contributed by atoms with van der Waals surface area (Å²) in [6.07, 6.45) is 1.78. The summed E-state index contributed by atoms with van der Waals surface area (Å²) in [6, 6.07) is 11.3. The smallest absolute Gasteiger partial charge is 0.286 e. The van der Waals surface area contributed by atoms with Crippen LogP contribution in [-0.4, -0.2) is 51.3 Å². The van der Waals surface area contributed by atoms with Crippen LogP contribution in [0.5, 0.6) is 0 Å². The summed E-state index contributed by atoms with van der Waals surface area (Å²) in [7, 11) is 0. The first kappa shape index (κ1) is 15.6. The molecule has 0 spiro atoms. The number of fused-ring (bicyclic) bond motifs is 1. The Bertz CT molecular complexity index is 985. The van der Waals surface area contributed by atoms with Gasteiger partial charge in [-0.05, 0) is 19.1 Å². The first-order chi connectivity index (χ1) is 12.2. The van der Waals surface area contributed by atoms with Crippen molar-refractivity contribution in [1.82, 2.24) is 19.1 Å². The van der Waals surface area contributed by atoms with Crippen molar-refractivity contribution in [3.8, 4) is 5.69 Å². The van der Waals surface area contributed by atoms with Gasteiger partial charge in [0.15, 0.2) is 5.65 Å². The number of morpholine rings is 1. The Labute approximate surface area is 144 Å². The van der Waals surface area contributed by atoms with Crippen LogP contribution in [0.25, 0.3) is 11.3 Å². The van der Waals surface area contributed by atoms with Crippen LogP contribution in [0.15, 0.2) is 47.4 Å². The van der Waals surface area contributed by atoms with E-state index in [1.807, 2.05) is 30.3 Å². The molecular formula is C18H18N4O3. The molecule has 3 heterocycles. The monoisotopic (exact) mass is 338 g/mol. The van der Waals surface area contributed by atoms with Crippen molar-refractivity contribution in [2.24, 2.45) is 0 Å². The molecule has 0 aliphatic carbocycles. The number of aromatic nitrogens is 3. The van der Waals surface area contributed by atoms with Gasteiger partial charge in [0.05, 0.1) is 24.6 Å². The number of carbonyl (C=O) groups is 1. The lowest BCUT2D eigenvalue weighted by Crippen LogP contribution is -2.43. The van der Waals surface area contributed by atoms with E-state index >= 15 is 0 Å². The van der Waals surface area contributed by atoms with Gasteiger partial charge in [0.2, 0.25) is 0 Å². The quantitative estimate of drug-likeness (QED) is 0.706. The Hall–Kier alpha value is -2.93. The molecule has 7 nitrogen and oxygen atoms in total. The molecule has 25 heavy (non-hydrogen) atoms. The maximum absolute atomic E-state index is 13.1. The summed E-state index contributed by atoms with van der Waals surface area (Å²) in [5, 5.41) is 0. The Balaban J connectivity index is 1.88. The van der Waals surface area contributed by atoms with E-state index in [1.165, 1.54) is 4.52 Å². The standard InChI is InChI=1S/C18H18N4O3/c1-13-16(17(23)20-9-11-25-12-10-20)18(24)22-15(19-13)7-8-21(22)14-5-3-2-4-6-14/h2-8H,9-12H2,1H3. The van der Waals surface area contributed by atoms with E-state index in [2.05, 4.69) is 4.98 Å². The first-order valence-corrected chi connectivity index (χ1v) is 8.20. The molecule has 2 aromatic heterocycles. The number of hydrogen-bond acceptors (Lipinski definition) is 4. The zero-order valence-corrected chi connectivity index (χ0v) is 13.9. The van der Waals surface area contributed by atoms with E-state index in [-0.39, 0.29) is 17.0 Å². The third-order valence-electron chi connectivity index (χ3n) is 4.38. The molecule has 0 N–H and O–H groups in total. The lowest BCUT2D eigenvalue weighted by atomic mass is 10.2. The van der Waals surface area contributed by atoms with Gasteiger partial charge < -0.3 is 9.64 Å². The van der Waals surface area contributed by atoms with Crippen LogP contribution >= 0.6 is 0 Å². The fourth-order valence-electron chi connectivity index (χ4n) is 3.11. The molecule has 1 fully saturated rings. The summed E-state index contributed by atoms with van der Waals surface area (Å²) in [5.41, 5.74) is 1.57. The fraction of sp³-hybridized carbons (Fsp3) is 0.278.